The first-order chi connectivity index (χ1) is 9.38. The fourth-order valence-corrected chi connectivity index (χ4v) is 3.31. The Balaban J connectivity index is 1.53. The molecule has 0 bridgehead atoms. The second kappa shape index (κ2) is 8.93. The molecule has 2 fully saturated rings. The van der Waals surface area contributed by atoms with Crippen LogP contribution in [0, 0.1) is 5.92 Å². The lowest BCUT2D eigenvalue weighted by Crippen LogP contribution is -2.28. The van der Waals surface area contributed by atoms with Gasteiger partial charge in [0.2, 0.25) is 0 Å². The third kappa shape index (κ3) is 5.80. The van der Waals surface area contributed by atoms with Gasteiger partial charge in [-0.2, -0.15) is 0 Å². The molecule has 2 aliphatic carbocycles. The molecule has 0 aliphatic heterocycles. The lowest BCUT2D eigenvalue weighted by atomic mass is 9.89. The third-order valence-electron chi connectivity index (χ3n) is 4.57. The van der Waals surface area contributed by atoms with Gasteiger partial charge in [0.15, 0.2) is 0 Å². The van der Waals surface area contributed by atoms with Crippen molar-refractivity contribution in [2.45, 2.75) is 76.4 Å². The van der Waals surface area contributed by atoms with Crippen molar-refractivity contribution in [1.29, 1.82) is 0 Å². The van der Waals surface area contributed by atoms with Crippen LogP contribution >= 0.6 is 0 Å². The minimum Gasteiger partial charge on any atom is -0.396 e. The van der Waals surface area contributed by atoms with Crippen molar-refractivity contribution < 1.29 is 14.6 Å². The number of ether oxygens (including phenoxy) is 2. The highest BCUT2D eigenvalue weighted by molar-refractivity contribution is 4.74. The van der Waals surface area contributed by atoms with Gasteiger partial charge in [0, 0.05) is 19.8 Å². The lowest BCUT2D eigenvalue weighted by molar-refractivity contribution is -0.0442. The molecule has 0 radical (unpaired) electrons. The van der Waals surface area contributed by atoms with Gasteiger partial charge in [-0.05, 0) is 50.9 Å². The van der Waals surface area contributed by atoms with Crippen LogP contribution in [0.5, 0.6) is 0 Å². The second-order valence-electron chi connectivity index (χ2n) is 6.18. The SMILES string of the molecule is OCCCOC1CCC(OCC2CCCCC2)CC1. The number of aliphatic hydroxyl groups excluding tert-OH is 1. The van der Waals surface area contributed by atoms with Crippen LogP contribution in [0.3, 0.4) is 0 Å². The summed E-state index contributed by atoms with van der Waals surface area (Å²) in [5.74, 6) is 0.826. The van der Waals surface area contributed by atoms with Crippen LogP contribution in [0.1, 0.15) is 64.2 Å². The van der Waals surface area contributed by atoms with Gasteiger partial charge < -0.3 is 14.6 Å². The zero-order chi connectivity index (χ0) is 13.3. The maximum Gasteiger partial charge on any atom is 0.0577 e. The molecule has 19 heavy (non-hydrogen) atoms. The minimum atomic E-state index is 0.236. The summed E-state index contributed by atoms with van der Waals surface area (Å²) >= 11 is 0. The van der Waals surface area contributed by atoms with Crippen LogP contribution in [-0.4, -0.2) is 37.1 Å². The smallest absolute Gasteiger partial charge is 0.0577 e. The fourth-order valence-electron chi connectivity index (χ4n) is 3.31. The average molecular weight is 270 g/mol. The number of hydrogen-bond donors (Lipinski definition) is 1. The molecule has 3 heteroatoms. The molecule has 0 amide bonds. The van der Waals surface area contributed by atoms with E-state index >= 15 is 0 Å². The van der Waals surface area contributed by atoms with Crippen LogP contribution in [0.4, 0.5) is 0 Å². The molecule has 0 aromatic rings. The summed E-state index contributed by atoms with van der Waals surface area (Å²) in [6.45, 7) is 1.93. The van der Waals surface area contributed by atoms with Gasteiger partial charge in [-0.15, -0.1) is 0 Å². The van der Waals surface area contributed by atoms with Crippen molar-refractivity contribution in [3.63, 3.8) is 0 Å². The Morgan fingerprint density at radius 1 is 0.789 bits per heavy atom. The van der Waals surface area contributed by atoms with Gasteiger partial charge in [-0.25, -0.2) is 0 Å². The van der Waals surface area contributed by atoms with Crippen LogP contribution in [0.15, 0.2) is 0 Å². The molecule has 1 N–H and O–H groups in total. The van der Waals surface area contributed by atoms with Crippen molar-refractivity contribution in [2.75, 3.05) is 19.8 Å². The molecule has 0 heterocycles. The van der Waals surface area contributed by atoms with E-state index in [0.717, 1.165) is 44.6 Å². The van der Waals surface area contributed by atoms with Crippen LogP contribution in [0.2, 0.25) is 0 Å². The van der Waals surface area contributed by atoms with Crippen LogP contribution < -0.4 is 0 Å². The molecule has 0 aromatic carbocycles. The monoisotopic (exact) mass is 270 g/mol. The largest absolute Gasteiger partial charge is 0.396 e. The predicted octanol–water partition coefficient (Wildman–Crippen LogP) is 3.29. The highest BCUT2D eigenvalue weighted by Crippen LogP contribution is 2.27. The van der Waals surface area contributed by atoms with Gasteiger partial charge >= 0.3 is 0 Å². The van der Waals surface area contributed by atoms with Gasteiger partial charge in [0.1, 0.15) is 0 Å². The molecule has 112 valence electrons. The maximum absolute atomic E-state index is 8.73. The normalized spacial score (nSPS) is 29.5. The van der Waals surface area contributed by atoms with E-state index in [9.17, 15) is 0 Å². The van der Waals surface area contributed by atoms with E-state index in [2.05, 4.69) is 0 Å². The Bertz CT molecular complexity index is 218. The zero-order valence-electron chi connectivity index (χ0n) is 12.2. The van der Waals surface area contributed by atoms with Crippen LogP contribution in [-0.2, 0) is 9.47 Å². The van der Waals surface area contributed by atoms with Crippen molar-refractivity contribution in [3.8, 4) is 0 Å². The third-order valence-corrected chi connectivity index (χ3v) is 4.57. The molecule has 2 aliphatic rings. The Kier molecular flexibility index (Phi) is 7.18. The molecular formula is C16H30O3. The highest BCUT2D eigenvalue weighted by Gasteiger charge is 2.23. The van der Waals surface area contributed by atoms with Crippen molar-refractivity contribution >= 4 is 0 Å². The highest BCUT2D eigenvalue weighted by atomic mass is 16.5. The predicted molar refractivity (Wildman–Crippen MR) is 76.2 cm³/mol. The van der Waals surface area contributed by atoms with Gasteiger partial charge in [-0.3, -0.25) is 0 Å². The summed E-state index contributed by atoms with van der Waals surface area (Å²) in [5, 5.41) is 8.73. The van der Waals surface area contributed by atoms with Crippen molar-refractivity contribution in [3.05, 3.63) is 0 Å². The molecule has 0 spiro atoms. The molecular weight excluding hydrogens is 240 g/mol. The Hall–Kier alpha value is -0.120. The standard InChI is InChI=1S/C16H30O3/c17-11-4-12-18-15-7-9-16(10-8-15)19-13-14-5-2-1-3-6-14/h14-17H,1-13H2. The summed E-state index contributed by atoms with van der Waals surface area (Å²) in [4.78, 5) is 0. The second-order valence-corrected chi connectivity index (χ2v) is 6.18. The Morgan fingerprint density at radius 2 is 1.42 bits per heavy atom. The summed E-state index contributed by atoms with van der Waals surface area (Å²) in [6, 6.07) is 0. The van der Waals surface area contributed by atoms with E-state index in [1.807, 2.05) is 0 Å². The zero-order valence-corrected chi connectivity index (χ0v) is 12.2. The molecule has 2 rings (SSSR count). The fraction of sp³-hybridized carbons (Fsp3) is 1.00. The summed E-state index contributed by atoms with van der Waals surface area (Å²) in [7, 11) is 0. The first kappa shape index (κ1) is 15.3. The lowest BCUT2D eigenvalue weighted by Gasteiger charge is -2.30. The summed E-state index contributed by atoms with van der Waals surface area (Å²) in [6.07, 6.45) is 13.2. The van der Waals surface area contributed by atoms with E-state index < -0.39 is 0 Å². The molecule has 3 nitrogen and oxygen atoms in total. The van der Waals surface area contributed by atoms with Gasteiger partial charge in [0.25, 0.3) is 0 Å². The van der Waals surface area contributed by atoms with Gasteiger partial charge in [-0.1, -0.05) is 19.3 Å². The maximum atomic E-state index is 8.73. The molecule has 0 saturated heterocycles. The van der Waals surface area contributed by atoms with Crippen LogP contribution in [0.25, 0.3) is 0 Å². The number of rotatable bonds is 7. The Morgan fingerprint density at radius 3 is 2.05 bits per heavy atom. The average Bonchev–Trinajstić information content (AvgIpc) is 2.48. The molecule has 0 atom stereocenters. The molecule has 2 saturated carbocycles. The number of hydrogen-bond acceptors (Lipinski definition) is 3. The minimum absolute atomic E-state index is 0.236. The van der Waals surface area contributed by atoms with E-state index in [1.54, 1.807) is 0 Å². The van der Waals surface area contributed by atoms with E-state index in [0.29, 0.717) is 18.8 Å². The topological polar surface area (TPSA) is 38.7 Å². The van der Waals surface area contributed by atoms with E-state index in [4.69, 9.17) is 14.6 Å². The summed E-state index contributed by atoms with van der Waals surface area (Å²) in [5.41, 5.74) is 0. The van der Waals surface area contributed by atoms with E-state index in [1.165, 1.54) is 32.1 Å². The Labute approximate surface area is 117 Å². The summed E-state index contributed by atoms with van der Waals surface area (Å²) < 4.78 is 11.9. The van der Waals surface area contributed by atoms with Crippen molar-refractivity contribution in [2.24, 2.45) is 5.92 Å². The van der Waals surface area contributed by atoms with Gasteiger partial charge in [0.05, 0.1) is 12.2 Å². The molecule has 0 unspecified atom stereocenters. The molecule has 0 aromatic heterocycles. The quantitative estimate of drug-likeness (QED) is 0.721. The first-order valence-corrected chi connectivity index (χ1v) is 8.22. The van der Waals surface area contributed by atoms with E-state index in [-0.39, 0.29) is 6.61 Å². The first-order valence-electron chi connectivity index (χ1n) is 8.22. The van der Waals surface area contributed by atoms with Crippen molar-refractivity contribution in [1.82, 2.24) is 0 Å². The number of aliphatic hydroxyl groups is 1.